The number of hydrogen-bond acceptors (Lipinski definition) is 7. The molecule has 94 valence electrons. The minimum Gasteiger partial charge on any atom is -0.373 e. The van der Waals surface area contributed by atoms with E-state index in [1.807, 2.05) is 4.90 Å². The maximum Gasteiger partial charge on any atom is 0.254 e. The molecule has 0 N–H and O–H groups in total. The molecule has 1 fully saturated rings. The molecular weight excluding hydrogens is 224 g/mol. The molecule has 2 heterocycles. The van der Waals surface area contributed by atoms with Crippen molar-refractivity contribution >= 4 is 0 Å². The lowest BCUT2D eigenvalue weighted by atomic mass is 10.3. The molecule has 7 nitrogen and oxygen atoms in total. The molecule has 7 heteroatoms. The topological polar surface area (TPSA) is 69.6 Å². The van der Waals surface area contributed by atoms with Crippen LogP contribution in [0.25, 0.3) is 0 Å². The van der Waals surface area contributed by atoms with Gasteiger partial charge in [0.15, 0.2) is 0 Å². The smallest absolute Gasteiger partial charge is 0.254 e. The number of aromatic nitrogens is 3. The van der Waals surface area contributed by atoms with Gasteiger partial charge in [0.25, 0.3) is 5.91 Å². The van der Waals surface area contributed by atoms with Gasteiger partial charge in [-0.25, -0.2) is 19.9 Å². The molecule has 0 bridgehead atoms. The van der Waals surface area contributed by atoms with Gasteiger partial charge >= 0.3 is 0 Å². The lowest BCUT2D eigenvalue weighted by Gasteiger charge is -2.43. The predicted octanol–water partition coefficient (Wildman–Crippen LogP) is -0.350. The second-order valence-electron chi connectivity index (χ2n) is 3.65. The summed E-state index contributed by atoms with van der Waals surface area (Å²) >= 11 is 0. The Hall–Kier alpha value is -1.15. The van der Waals surface area contributed by atoms with Gasteiger partial charge in [-0.05, 0) is 0 Å². The second kappa shape index (κ2) is 5.46. The summed E-state index contributed by atoms with van der Waals surface area (Å²) in [6, 6.07) is 0. The molecule has 0 aromatic carbocycles. The standard InChI is InChI=1S/C10H16N4O3/c1-15-10(16-2)6-17-4-3-14(10)5-9-12-7-11-8-13-9/h7-8H,3-6H2,1-2H3. The van der Waals surface area contributed by atoms with Crippen LogP contribution >= 0.6 is 0 Å². The fraction of sp³-hybridized carbons (Fsp3) is 0.700. The molecule has 0 radical (unpaired) electrons. The summed E-state index contributed by atoms with van der Waals surface area (Å²) in [6.07, 6.45) is 2.95. The second-order valence-corrected chi connectivity index (χ2v) is 3.65. The molecule has 1 saturated heterocycles. The van der Waals surface area contributed by atoms with Crippen molar-refractivity contribution in [3.63, 3.8) is 0 Å². The molecule has 1 aliphatic rings. The monoisotopic (exact) mass is 240 g/mol. The van der Waals surface area contributed by atoms with Crippen LogP contribution in [0.1, 0.15) is 5.82 Å². The van der Waals surface area contributed by atoms with Crippen molar-refractivity contribution in [2.24, 2.45) is 0 Å². The third-order valence-corrected chi connectivity index (χ3v) is 2.79. The number of ether oxygens (including phenoxy) is 3. The molecule has 1 aliphatic heterocycles. The SMILES string of the molecule is COC1(OC)COCCN1Cc1ncncn1. The summed E-state index contributed by atoms with van der Waals surface area (Å²) in [5.74, 6) is -0.175. The first-order valence-electron chi connectivity index (χ1n) is 5.35. The number of nitrogens with zero attached hydrogens (tertiary/aromatic N) is 4. The van der Waals surface area contributed by atoms with Gasteiger partial charge in [0.2, 0.25) is 0 Å². The van der Waals surface area contributed by atoms with Gasteiger partial charge in [-0.15, -0.1) is 0 Å². The van der Waals surface area contributed by atoms with Crippen LogP contribution in [0.4, 0.5) is 0 Å². The van der Waals surface area contributed by atoms with Crippen molar-refractivity contribution in [2.75, 3.05) is 34.0 Å². The van der Waals surface area contributed by atoms with Gasteiger partial charge in [-0.3, -0.25) is 0 Å². The minimum atomic E-state index is -0.856. The van der Waals surface area contributed by atoms with E-state index in [2.05, 4.69) is 15.0 Å². The highest BCUT2D eigenvalue weighted by atomic mass is 16.7. The van der Waals surface area contributed by atoms with Crippen molar-refractivity contribution in [3.8, 4) is 0 Å². The highest BCUT2D eigenvalue weighted by molar-refractivity contribution is 4.86. The molecule has 0 unspecified atom stereocenters. The summed E-state index contributed by atoms with van der Waals surface area (Å²) in [5.41, 5.74) is 0. The van der Waals surface area contributed by atoms with Crippen LogP contribution in [0.3, 0.4) is 0 Å². The first-order chi connectivity index (χ1) is 8.30. The van der Waals surface area contributed by atoms with E-state index in [9.17, 15) is 0 Å². The van der Waals surface area contributed by atoms with E-state index >= 15 is 0 Å². The summed E-state index contributed by atoms with van der Waals surface area (Å²) < 4.78 is 16.2. The third-order valence-electron chi connectivity index (χ3n) is 2.79. The zero-order chi connectivity index (χ0) is 12.1. The highest BCUT2D eigenvalue weighted by Gasteiger charge is 2.40. The largest absolute Gasteiger partial charge is 0.373 e. The van der Waals surface area contributed by atoms with Crippen LogP contribution in [-0.4, -0.2) is 59.7 Å². The number of methoxy groups -OCH3 is 2. The van der Waals surface area contributed by atoms with Crippen LogP contribution in [-0.2, 0) is 20.8 Å². The van der Waals surface area contributed by atoms with E-state index in [1.54, 1.807) is 14.2 Å². The van der Waals surface area contributed by atoms with Gasteiger partial charge in [-0.2, -0.15) is 0 Å². The Labute approximate surface area is 99.7 Å². The Kier molecular flexibility index (Phi) is 3.95. The first-order valence-corrected chi connectivity index (χ1v) is 5.35. The summed E-state index contributed by atoms with van der Waals surface area (Å²) in [5, 5.41) is 0. The summed E-state index contributed by atoms with van der Waals surface area (Å²) in [6.45, 7) is 2.24. The van der Waals surface area contributed by atoms with E-state index in [0.29, 0.717) is 32.1 Å². The number of rotatable bonds is 4. The Morgan fingerprint density at radius 3 is 2.71 bits per heavy atom. The van der Waals surface area contributed by atoms with Crippen LogP contribution in [0.5, 0.6) is 0 Å². The molecule has 1 aromatic heterocycles. The van der Waals surface area contributed by atoms with E-state index in [1.165, 1.54) is 12.7 Å². The van der Waals surface area contributed by atoms with Gasteiger partial charge in [0.05, 0.1) is 13.2 Å². The number of hydrogen-bond donors (Lipinski definition) is 0. The molecule has 0 atom stereocenters. The molecule has 0 spiro atoms. The molecule has 17 heavy (non-hydrogen) atoms. The van der Waals surface area contributed by atoms with Crippen LogP contribution in [0.15, 0.2) is 12.7 Å². The maximum absolute atomic E-state index is 5.42. The van der Waals surface area contributed by atoms with Crippen molar-refractivity contribution in [3.05, 3.63) is 18.5 Å². The average molecular weight is 240 g/mol. The normalized spacial score (nSPS) is 20.4. The van der Waals surface area contributed by atoms with E-state index in [0.717, 1.165) is 0 Å². The van der Waals surface area contributed by atoms with Gasteiger partial charge < -0.3 is 14.2 Å². The fourth-order valence-electron chi connectivity index (χ4n) is 1.81. The van der Waals surface area contributed by atoms with E-state index in [-0.39, 0.29) is 0 Å². The average Bonchev–Trinajstić information content (AvgIpc) is 2.41. The zero-order valence-electron chi connectivity index (χ0n) is 10.00. The van der Waals surface area contributed by atoms with Crippen molar-refractivity contribution < 1.29 is 14.2 Å². The van der Waals surface area contributed by atoms with Crippen LogP contribution in [0.2, 0.25) is 0 Å². The van der Waals surface area contributed by atoms with Crippen LogP contribution in [0, 0.1) is 0 Å². The first kappa shape index (κ1) is 12.3. The molecule has 1 aromatic rings. The molecule has 0 amide bonds. The quantitative estimate of drug-likeness (QED) is 0.666. The molecule has 0 aliphatic carbocycles. The highest BCUT2D eigenvalue weighted by Crippen LogP contribution is 2.23. The van der Waals surface area contributed by atoms with E-state index < -0.39 is 5.91 Å². The van der Waals surface area contributed by atoms with Crippen molar-refractivity contribution in [1.82, 2.24) is 19.9 Å². The molecule has 2 rings (SSSR count). The van der Waals surface area contributed by atoms with Gasteiger partial charge in [0, 0.05) is 20.8 Å². The summed E-state index contributed by atoms with van der Waals surface area (Å²) in [7, 11) is 3.19. The van der Waals surface area contributed by atoms with Gasteiger partial charge in [0.1, 0.15) is 25.1 Å². The Bertz CT molecular complexity index is 345. The van der Waals surface area contributed by atoms with Crippen molar-refractivity contribution in [1.29, 1.82) is 0 Å². The lowest BCUT2D eigenvalue weighted by molar-refractivity contribution is -0.338. The van der Waals surface area contributed by atoms with Crippen LogP contribution < -0.4 is 0 Å². The predicted molar refractivity (Wildman–Crippen MR) is 57.8 cm³/mol. The maximum atomic E-state index is 5.42. The molecular formula is C10H16N4O3. The van der Waals surface area contributed by atoms with E-state index in [4.69, 9.17) is 14.2 Å². The molecule has 0 saturated carbocycles. The number of morpholine rings is 1. The summed E-state index contributed by atoms with van der Waals surface area (Å²) in [4.78, 5) is 14.0. The lowest BCUT2D eigenvalue weighted by Crippen LogP contribution is -2.59. The Balaban J connectivity index is 2.12. The van der Waals surface area contributed by atoms with Crippen molar-refractivity contribution in [2.45, 2.75) is 12.5 Å². The zero-order valence-corrected chi connectivity index (χ0v) is 10.00. The minimum absolute atomic E-state index is 0.366. The Morgan fingerprint density at radius 1 is 1.35 bits per heavy atom. The fourth-order valence-corrected chi connectivity index (χ4v) is 1.81. The van der Waals surface area contributed by atoms with Gasteiger partial charge in [-0.1, -0.05) is 0 Å². The Morgan fingerprint density at radius 2 is 2.06 bits per heavy atom. The third kappa shape index (κ3) is 2.58.